The Balaban J connectivity index is 1.50. The van der Waals surface area contributed by atoms with Crippen LogP contribution in [-0.4, -0.2) is 47.2 Å². The summed E-state index contributed by atoms with van der Waals surface area (Å²) >= 11 is 2.86. The zero-order valence-electron chi connectivity index (χ0n) is 15.8. The van der Waals surface area contributed by atoms with Gasteiger partial charge in [-0.15, -0.1) is 22.7 Å². The quantitative estimate of drug-likeness (QED) is 0.719. The van der Waals surface area contributed by atoms with E-state index in [1.54, 1.807) is 10.3 Å². The van der Waals surface area contributed by atoms with Gasteiger partial charge in [0, 0.05) is 29.9 Å². The number of hydrogen-bond donors (Lipinski definition) is 2. The third-order valence-electron chi connectivity index (χ3n) is 4.54. The van der Waals surface area contributed by atoms with Crippen molar-refractivity contribution < 1.29 is 14.4 Å². The van der Waals surface area contributed by atoms with Crippen molar-refractivity contribution >= 4 is 45.5 Å². The van der Waals surface area contributed by atoms with E-state index < -0.39 is 0 Å². The minimum atomic E-state index is -0.139. The lowest BCUT2D eigenvalue weighted by Gasteiger charge is -2.32. The number of thiazole rings is 1. The van der Waals surface area contributed by atoms with Crippen LogP contribution in [0.1, 0.15) is 30.3 Å². The van der Waals surface area contributed by atoms with E-state index in [9.17, 15) is 14.4 Å². The number of nitrogens with one attached hydrogen (secondary N) is 2. The van der Waals surface area contributed by atoms with Crippen molar-refractivity contribution in [3.05, 3.63) is 33.5 Å². The van der Waals surface area contributed by atoms with Crippen LogP contribution in [0.2, 0.25) is 0 Å². The van der Waals surface area contributed by atoms with Gasteiger partial charge in [0.15, 0.2) is 5.13 Å². The summed E-state index contributed by atoms with van der Waals surface area (Å²) in [5.41, 5.74) is 0.640. The Morgan fingerprint density at radius 1 is 1.29 bits per heavy atom. The molecule has 1 aliphatic heterocycles. The van der Waals surface area contributed by atoms with Gasteiger partial charge in [-0.25, -0.2) is 4.98 Å². The number of aromatic nitrogens is 1. The summed E-state index contributed by atoms with van der Waals surface area (Å²) in [6.45, 7) is 3.62. The first-order chi connectivity index (χ1) is 13.5. The number of carbonyl (C=O) groups is 3. The Morgan fingerprint density at radius 2 is 2.14 bits per heavy atom. The molecule has 2 N–H and O–H groups in total. The largest absolute Gasteiger partial charge is 0.356 e. The Labute approximate surface area is 172 Å². The molecule has 2 aromatic rings. The van der Waals surface area contributed by atoms with Gasteiger partial charge in [-0.2, -0.15) is 0 Å². The summed E-state index contributed by atoms with van der Waals surface area (Å²) in [6.07, 6.45) is 2.14. The van der Waals surface area contributed by atoms with Gasteiger partial charge in [0.05, 0.1) is 24.5 Å². The highest BCUT2D eigenvalue weighted by atomic mass is 32.1. The van der Waals surface area contributed by atoms with Gasteiger partial charge < -0.3 is 15.5 Å². The van der Waals surface area contributed by atoms with Crippen LogP contribution in [-0.2, 0) is 27.2 Å². The molecule has 3 heterocycles. The molecule has 0 bridgehead atoms. The molecule has 0 radical (unpaired) electrons. The normalized spacial score (nSPS) is 16.6. The van der Waals surface area contributed by atoms with Crippen LogP contribution in [0, 0.1) is 5.92 Å². The number of piperidine rings is 1. The highest BCUT2D eigenvalue weighted by Gasteiger charge is 2.28. The Bertz CT molecular complexity index is 819. The Kier molecular flexibility index (Phi) is 7.16. The van der Waals surface area contributed by atoms with Crippen LogP contribution in [0.5, 0.6) is 0 Å². The fourth-order valence-electron chi connectivity index (χ4n) is 3.18. The maximum absolute atomic E-state index is 12.6. The zero-order valence-corrected chi connectivity index (χ0v) is 17.4. The van der Waals surface area contributed by atoms with Gasteiger partial charge in [-0.1, -0.05) is 6.07 Å². The van der Waals surface area contributed by atoms with Gasteiger partial charge in [-0.3, -0.25) is 14.4 Å². The van der Waals surface area contributed by atoms with Crippen molar-refractivity contribution in [3.8, 4) is 0 Å². The number of anilines is 1. The summed E-state index contributed by atoms with van der Waals surface area (Å²) in [4.78, 5) is 43.8. The second-order valence-corrected chi connectivity index (χ2v) is 8.59. The fraction of sp³-hybridized carbons (Fsp3) is 0.474. The van der Waals surface area contributed by atoms with Gasteiger partial charge in [-0.05, 0) is 31.2 Å². The summed E-state index contributed by atoms with van der Waals surface area (Å²) in [5.74, 6) is -0.268. The number of amides is 3. The molecule has 9 heteroatoms. The first kappa shape index (κ1) is 20.5. The van der Waals surface area contributed by atoms with E-state index in [1.807, 2.05) is 24.4 Å². The van der Waals surface area contributed by atoms with Crippen LogP contribution in [0.25, 0.3) is 0 Å². The van der Waals surface area contributed by atoms with Crippen molar-refractivity contribution in [2.24, 2.45) is 5.92 Å². The topological polar surface area (TPSA) is 91.4 Å². The van der Waals surface area contributed by atoms with E-state index in [1.165, 1.54) is 22.7 Å². The first-order valence-electron chi connectivity index (χ1n) is 9.37. The maximum Gasteiger partial charge on any atom is 0.231 e. The molecule has 3 rings (SSSR count). The van der Waals surface area contributed by atoms with E-state index >= 15 is 0 Å². The van der Waals surface area contributed by atoms with Crippen LogP contribution in [0.15, 0.2) is 22.9 Å². The number of carbonyl (C=O) groups excluding carboxylic acids is 3. The van der Waals surface area contributed by atoms with E-state index in [0.717, 1.165) is 17.7 Å². The molecular weight excluding hydrogens is 396 g/mol. The fourth-order valence-corrected chi connectivity index (χ4v) is 4.61. The van der Waals surface area contributed by atoms with E-state index in [0.29, 0.717) is 36.9 Å². The van der Waals surface area contributed by atoms with Crippen molar-refractivity contribution in [1.82, 2.24) is 15.2 Å². The van der Waals surface area contributed by atoms with Crippen molar-refractivity contribution in [3.63, 3.8) is 0 Å². The number of hydrogen-bond acceptors (Lipinski definition) is 6. The molecule has 1 saturated heterocycles. The predicted octanol–water partition coefficient (Wildman–Crippen LogP) is 2.30. The summed E-state index contributed by atoms with van der Waals surface area (Å²) in [6, 6.07) is 3.83. The minimum Gasteiger partial charge on any atom is -0.356 e. The second kappa shape index (κ2) is 9.79. The molecule has 0 saturated carbocycles. The van der Waals surface area contributed by atoms with Gasteiger partial charge in [0.2, 0.25) is 17.7 Å². The highest BCUT2D eigenvalue weighted by Crippen LogP contribution is 2.20. The number of rotatable bonds is 7. The first-order valence-corrected chi connectivity index (χ1v) is 11.1. The molecule has 3 amide bonds. The molecule has 1 unspecified atom stereocenters. The van der Waals surface area contributed by atoms with Crippen LogP contribution >= 0.6 is 22.7 Å². The maximum atomic E-state index is 12.6. The van der Waals surface area contributed by atoms with Gasteiger partial charge in [0.25, 0.3) is 0 Å². The van der Waals surface area contributed by atoms with Gasteiger partial charge >= 0.3 is 0 Å². The molecule has 1 aliphatic rings. The summed E-state index contributed by atoms with van der Waals surface area (Å²) < 4.78 is 0. The summed E-state index contributed by atoms with van der Waals surface area (Å²) in [5, 5.41) is 9.86. The highest BCUT2D eigenvalue weighted by molar-refractivity contribution is 7.14. The Hall–Kier alpha value is -2.26. The van der Waals surface area contributed by atoms with Crippen molar-refractivity contribution in [2.45, 2.75) is 32.6 Å². The van der Waals surface area contributed by atoms with Crippen LogP contribution in [0.3, 0.4) is 0 Å². The molecule has 2 aromatic heterocycles. The van der Waals surface area contributed by atoms with Crippen LogP contribution in [0.4, 0.5) is 5.13 Å². The summed E-state index contributed by atoms with van der Waals surface area (Å²) in [7, 11) is 0. The molecule has 28 heavy (non-hydrogen) atoms. The molecule has 0 spiro atoms. The van der Waals surface area contributed by atoms with Crippen molar-refractivity contribution in [1.29, 1.82) is 0 Å². The molecule has 150 valence electrons. The third kappa shape index (κ3) is 5.62. The molecule has 7 nitrogen and oxygen atoms in total. The number of nitrogens with zero attached hydrogens (tertiary/aromatic N) is 2. The average Bonchev–Trinajstić information content (AvgIpc) is 3.34. The SMILES string of the molecule is CCNC(=O)C1CCCN(C(=O)Cc2csc(NC(=O)Cc3cccs3)n2)C1. The van der Waals surface area contributed by atoms with E-state index in [4.69, 9.17) is 0 Å². The van der Waals surface area contributed by atoms with Crippen LogP contribution < -0.4 is 10.6 Å². The zero-order chi connectivity index (χ0) is 19.9. The Morgan fingerprint density at radius 3 is 2.89 bits per heavy atom. The monoisotopic (exact) mass is 420 g/mol. The van der Waals surface area contributed by atoms with E-state index in [-0.39, 0.29) is 30.1 Å². The minimum absolute atomic E-state index is 0.0180. The van der Waals surface area contributed by atoms with Gasteiger partial charge in [0.1, 0.15) is 0 Å². The molecule has 1 atom stereocenters. The molecule has 1 fully saturated rings. The standard InChI is InChI=1S/C19H24N4O3S2/c1-2-20-18(26)13-5-3-7-23(11-13)17(25)9-14-12-28-19(21-14)22-16(24)10-15-6-4-8-27-15/h4,6,8,12-13H,2-3,5,7,9-11H2,1H3,(H,20,26)(H,21,22,24). The number of likely N-dealkylation sites (tertiary alicyclic amines) is 1. The van der Waals surface area contributed by atoms with E-state index in [2.05, 4.69) is 15.6 Å². The predicted molar refractivity (Wildman–Crippen MR) is 110 cm³/mol. The number of thiophene rings is 1. The lowest BCUT2D eigenvalue weighted by atomic mass is 9.97. The average molecular weight is 421 g/mol. The molecular formula is C19H24N4O3S2. The molecule has 0 aromatic carbocycles. The third-order valence-corrected chi connectivity index (χ3v) is 6.22. The van der Waals surface area contributed by atoms with Crippen molar-refractivity contribution in [2.75, 3.05) is 25.0 Å². The lowest BCUT2D eigenvalue weighted by molar-refractivity contribution is -0.135. The second-order valence-electron chi connectivity index (χ2n) is 6.70. The lowest BCUT2D eigenvalue weighted by Crippen LogP contribution is -2.45. The molecule has 0 aliphatic carbocycles. The smallest absolute Gasteiger partial charge is 0.231 e.